The summed E-state index contributed by atoms with van der Waals surface area (Å²) in [5.41, 5.74) is 2.28. The number of benzene rings is 2. The van der Waals surface area contributed by atoms with Crippen LogP contribution in [-0.2, 0) is 10.2 Å². The number of aliphatic carboxylic acids is 1. The molecule has 1 aliphatic rings. The smallest absolute Gasteiger partial charge is 0.325 e. The summed E-state index contributed by atoms with van der Waals surface area (Å²) < 4.78 is 0. The maximum atomic E-state index is 11.7. The Morgan fingerprint density at radius 3 is 2.35 bits per heavy atom. The molecule has 2 N–H and O–H groups in total. The molecule has 0 aromatic heterocycles. The van der Waals surface area contributed by atoms with E-state index in [9.17, 15) is 9.90 Å². The summed E-state index contributed by atoms with van der Waals surface area (Å²) in [5, 5.41) is 12.9. The number of rotatable bonds is 5. The van der Waals surface area contributed by atoms with Gasteiger partial charge in [-0.2, -0.15) is 0 Å². The first-order chi connectivity index (χ1) is 11.1. The maximum Gasteiger partial charge on any atom is 0.325 e. The number of hydrogen-bond acceptors (Lipinski definition) is 2. The van der Waals surface area contributed by atoms with Crippen LogP contribution in [-0.4, -0.2) is 17.1 Å². The lowest BCUT2D eigenvalue weighted by Crippen LogP contribution is -2.36. The van der Waals surface area contributed by atoms with E-state index in [2.05, 4.69) is 36.5 Å². The highest BCUT2D eigenvalue weighted by Gasteiger charge is 2.38. The number of hydrogen-bond donors (Lipinski definition) is 2. The standard InChI is InChI=1S/C20H23NO2/c1-20(16-10-6-3-7-11-16)13-12-17(14-20)21-18(19(22)23)15-8-4-2-5-9-15/h2-11,17-18,21H,12-14H2,1H3,(H,22,23)/t17?,18-,20?/m0/s1. The molecule has 23 heavy (non-hydrogen) atoms. The summed E-state index contributed by atoms with van der Waals surface area (Å²) in [5.74, 6) is -0.815. The van der Waals surface area contributed by atoms with Crippen molar-refractivity contribution < 1.29 is 9.90 Å². The molecule has 0 aliphatic heterocycles. The van der Waals surface area contributed by atoms with Gasteiger partial charge in [0.15, 0.2) is 0 Å². The fraction of sp³-hybridized carbons (Fsp3) is 0.350. The predicted molar refractivity (Wildman–Crippen MR) is 91.4 cm³/mol. The molecule has 0 radical (unpaired) electrons. The first-order valence-corrected chi connectivity index (χ1v) is 8.18. The molecule has 3 atom stereocenters. The Labute approximate surface area is 137 Å². The second kappa shape index (κ2) is 6.55. The highest BCUT2D eigenvalue weighted by Crippen LogP contribution is 2.41. The second-order valence-corrected chi connectivity index (χ2v) is 6.72. The molecule has 2 aromatic carbocycles. The Kier molecular flexibility index (Phi) is 4.49. The van der Waals surface area contributed by atoms with Gasteiger partial charge in [0, 0.05) is 6.04 Å². The summed E-state index contributed by atoms with van der Waals surface area (Å²) in [6.45, 7) is 2.28. The van der Waals surface area contributed by atoms with Gasteiger partial charge >= 0.3 is 5.97 Å². The van der Waals surface area contributed by atoms with Crippen LogP contribution >= 0.6 is 0 Å². The molecule has 0 bridgehead atoms. The fourth-order valence-corrected chi connectivity index (χ4v) is 3.68. The lowest BCUT2D eigenvalue weighted by Gasteiger charge is -2.26. The molecule has 0 amide bonds. The van der Waals surface area contributed by atoms with Crippen LogP contribution in [0.1, 0.15) is 43.4 Å². The molecule has 1 fully saturated rings. The van der Waals surface area contributed by atoms with Crippen molar-refractivity contribution in [2.45, 2.75) is 43.7 Å². The molecule has 0 heterocycles. The first kappa shape index (κ1) is 15.8. The third kappa shape index (κ3) is 3.45. The van der Waals surface area contributed by atoms with Crippen molar-refractivity contribution in [2.75, 3.05) is 0 Å². The largest absolute Gasteiger partial charge is 0.480 e. The van der Waals surface area contributed by atoms with E-state index >= 15 is 0 Å². The monoisotopic (exact) mass is 309 g/mol. The van der Waals surface area contributed by atoms with Crippen LogP contribution in [0.25, 0.3) is 0 Å². The summed E-state index contributed by atoms with van der Waals surface area (Å²) in [6.07, 6.45) is 3.05. The van der Waals surface area contributed by atoms with E-state index in [0.29, 0.717) is 0 Å². The zero-order valence-corrected chi connectivity index (χ0v) is 13.4. The van der Waals surface area contributed by atoms with E-state index in [1.807, 2.05) is 36.4 Å². The summed E-state index contributed by atoms with van der Waals surface area (Å²) in [6, 6.07) is 19.5. The zero-order chi connectivity index (χ0) is 16.3. The van der Waals surface area contributed by atoms with Crippen LogP contribution in [0, 0.1) is 0 Å². The minimum absolute atomic E-state index is 0.124. The quantitative estimate of drug-likeness (QED) is 0.880. The SMILES string of the molecule is CC1(c2ccccc2)CCC(N[C@H](C(=O)O)c2ccccc2)C1. The average Bonchev–Trinajstić information content (AvgIpc) is 2.96. The molecule has 0 saturated heterocycles. The highest BCUT2D eigenvalue weighted by molar-refractivity contribution is 5.75. The second-order valence-electron chi connectivity index (χ2n) is 6.72. The highest BCUT2D eigenvalue weighted by atomic mass is 16.4. The normalized spacial score (nSPS) is 25.2. The topological polar surface area (TPSA) is 49.3 Å². The minimum Gasteiger partial charge on any atom is -0.480 e. The van der Waals surface area contributed by atoms with Crippen LogP contribution < -0.4 is 5.32 Å². The first-order valence-electron chi connectivity index (χ1n) is 8.18. The van der Waals surface area contributed by atoms with Gasteiger partial charge in [0.25, 0.3) is 0 Å². The Morgan fingerprint density at radius 2 is 1.74 bits per heavy atom. The number of carbonyl (C=O) groups is 1. The Bertz CT molecular complexity index is 656. The van der Waals surface area contributed by atoms with Crippen molar-refractivity contribution in [3.63, 3.8) is 0 Å². The van der Waals surface area contributed by atoms with Gasteiger partial charge < -0.3 is 5.11 Å². The van der Waals surface area contributed by atoms with E-state index in [0.717, 1.165) is 24.8 Å². The van der Waals surface area contributed by atoms with E-state index in [4.69, 9.17) is 0 Å². The molecule has 3 nitrogen and oxygen atoms in total. The van der Waals surface area contributed by atoms with Gasteiger partial charge in [-0.1, -0.05) is 67.6 Å². The van der Waals surface area contributed by atoms with Crippen molar-refractivity contribution >= 4 is 5.97 Å². The van der Waals surface area contributed by atoms with Crippen molar-refractivity contribution in [1.29, 1.82) is 0 Å². The van der Waals surface area contributed by atoms with E-state index in [1.165, 1.54) is 5.56 Å². The molecule has 0 spiro atoms. The number of carboxylic acid groups (broad SMARTS) is 1. The summed E-state index contributed by atoms with van der Waals surface area (Å²) >= 11 is 0. The van der Waals surface area contributed by atoms with Crippen LogP contribution in [0.2, 0.25) is 0 Å². The van der Waals surface area contributed by atoms with Crippen LogP contribution in [0.15, 0.2) is 60.7 Å². The van der Waals surface area contributed by atoms with Crippen LogP contribution in [0.3, 0.4) is 0 Å². The molecular formula is C20H23NO2. The Balaban J connectivity index is 1.73. The van der Waals surface area contributed by atoms with Crippen molar-refractivity contribution in [3.05, 3.63) is 71.8 Å². The Hall–Kier alpha value is -2.13. The van der Waals surface area contributed by atoms with Gasteiger partial charge in [0.1, 0.15) is 6.04 Å². The van der Waals surface area contributed by atoms with E-state index in [-0.39, 0.29) is 11.5 Å². The molecule has 2 aromatic rings. The zero-order valence-electron chi connectivity index (χ0n) is 13.4. The van der Waals surface area contributed by atoms with E-state index < -0.39 is 12.0 Å². The minimum atomic E-state index is -0.815. The lowest BCUT2D eigenvalue weighted by molar-refractivity contribution is -0.139. The molecule has 3 rings (SSSR count). The van der Waals surface area contributed by atoms with Gasteiger partial charge in [0.05, 0.1) is 0 Å². The third-order valence-electron chi connectivity index (χ3n) is 4.99. The van der Waals surface area contributed by atoms with Crippen LogP contribution in [0.4, 0.5) is 0 Å². The molecule has 2 unspecified atom stereocenters. The maximum absolute atomic E-state index is 11.7. The lowest BCUT2D eigenvalue weighted by atomic mass is 9.81. The van der Waals surface area contributed by atoms with Crippen molar-refractivity contribution in [2.24, 2.45) is 0 Å². The number of carboxylic acids is 1. The van der Waals surface area contributed by atoms with Gasteiger partial charge in [-0.05, 0) is 35.8 Å². The molecule has 1 aliphatic carbocycles. The van der Waals surface area contributed by atoms with Crippen molar-refractivity contribution in [1.82, 2.24) is 5.32 Å². The summed E-state index contributed by atoms with van der Waals surface area (Å²) in [7, 11) is 0. The van der Waals surface area contributed by atoms with Crippen molar-refractivity contribution in [3.8, 4) is 0 Å². The molecule has 1 saturated carbocycles. The van der Waals surface area contributed by atoms with Gasteiger partial charge in [-0.3, -0.25) is 10.1 Å². The Morgan fingerprint density at radius 1 is 1.13 bits per heavy atom. The van der Waals surface area contributed by atoms with Gasteiger partial charge in [-0.25, -0.2) is 0 Å². The molecule has 120 valence electrons. The average molecular weight is 309 g/mol. The van der Waals surface area contributed by atoms with Gasteiger partial charge in [-0.15, -0.1) is 0 Å². The number of nitrogens with one attached hydrogen (secondary N) is 1. The predicted octanol–water partition coefficient (Wildman–Crippen LogP) is 3.91. The fourth-order valence-electron chi connectivity index (χ4n) is 3.68. The van der Waals surface area contributed by atoms with Gasteiger partial charge in [0.2, 0.25) is 0 Å². The molecular weight excluding hydrogens is 286 g/mol. The van der Waals surface area contributed by atoms with Crippen LogP contribution in [0.5, 0.6) is 0 Å². The summed E-state index contributed by atoms with van der Waals surface area (Å²) in [4.78, 5) is 11.7. The van der Waals surface area contributed by atoms with E-state index in [1.54, 1.807) is 0 Å². The third-order valence-corrected chi connectivity index (χ3v) is 4.99. The molecule has 3 heteroatoms.